The molecule has 1 aliphatic carbocycles. The fourth-order valence-corrected chi connectivity index (χ4v) is 7.03. The van der Waals surface area contributed by atoms with Crippen LogP contribution < -0.4 is 0 Å². The molecule has 5 rings (SSSR count). The van der Waals surface area contributed by atoms with E-state index in [4.69, 9.17) is 0 Å². The Morgan fingerprint density at radius 1 is 0.583 bits per heavy atom. The first-order valence-electron chi connectivity index (χ1n) is 8.89. The van der Waals surface area contributed by atoms with E-state index in [9.17, 15) is 0 Å². The van der Waals surface area contributed by atoms with Crippen LogP contribution in [-0.4, -0.2) is 0 Å². The quantitative estimate of drug-likeness (QED) is 0.470. The highest BCUT2D eigenvalue weighted by Crippen LogP contribution is 2.51. The summed E-state index contributed by atoms with van der Waals surface area (Å²) in [5.74, 6) is 1.47. The molecule has 1 saturated carbocycles. The molecule has 1 aliphatic heterocycles. The third-order valence-corrected chi connectivity index (χ3v) is 7.94. The van der Waals surface area contributed by atoms with Crippen molar-refractivity contribution in [3.8, 4) is 0 Å². The van der Waals surface area contributed by atoms with Gasteiger partial charge in [0.15, 0.2) is 14.7 Å². The van der Waals surface area contributed by atoms with Crippen LogP contribution in [0.2, 0.25) is 0 Å². The number of rotatable bonds is 1. The van der Waals surface area contributed by atoms with Gasteiger partial charge in [-0.15, -0.1) is 0 Å². The van der Waals surface area contributed by atoms with Crippen molar-refractivity contribution < 1.29 is 0 Å². The topological polar surface area (TPSA) is 0 Å². The minimum absolute atomic E-state index is 0.0122. The summed E-state index contributed by atoms with van der Waals surface area (Å²) < 4.78 is 0. The lowest BCUT2D eigenvalue weighted by atomic mass is 9.93. The number of fused-ring (bicyclic) bond motifs is 6. The molecule has 3 aromatic carbocycles. The zero-order chi connectivity index (χ0) is 15.9. The van der Waals surface area contributed by atoms with E-state index >= 15 is 0 Å². The van der Waals surface area contributed by atoms with E-state index in [0.717, 1.165) is 11.8 Å². The summed E-state index contributed by atoms with van der Waals surface area (Å²) in [6, 6.07) is 29.5. The highest BCUT2D eigenvalue weighted by atomic mass is 32.2. The van der Waals surface area contributed by atoms with Gasteiger partial charge in [-0.05, 0) is 55.4 Å². The van der Waals surface area contributed by atoms with Gasteiger partial charge in [-0.3, -0.25) is 0 Å². The van der Waals surface area contributed by atoms with Gasteiger partial charge in [-0.1, -0.05) is 54.6 Å². The largest absolute Gasteiger partial charge is 0.170 e. The zero-order valence-electron chi connectivity index (χ0n) is 13.7. The molecule has 0 aromatic heterocycles. The van der Waals surface area contributed by atoms with Crippen LogP contribution in [0.1, 0.15) is 42.2 Å². The van der Waals surface area contributed by atoms with Gasteiger partial charge in [0, 0.05) is 11.1 Å². The zero-order valence-corrected chi connectivity index (χ0v) is 14.5. The minimum atomic E-state index is 0.0122. The Hall–Kier alpha value is -1.99. The number of hydrogen-bond donors (Lipinski definition) is 0. The molecule has 118 valence electrons. The highest BCUT2D eigenvalue weighted by molar-refractivity contribution is 7.97. The second-order valence-electron chi connectivity index (χ2n) is 6.90. The van der Waals surface area contributed by atoms with Crippen LogP contribution >= 0.6 is 0 Å². The van der Waals surface area contributed by atoms with E-state index in [-0.39, 0.29) is 10.9 Å². The van der Waals surface area contributed by atoms with Crippen LogP contribution in [0.25, 0.3) is 0 Å². The SMILES string of the molecule is c1ccc([S+]2c3ccccc3C3CCC(C3)c3ccccc32)cc1. The highest BCUT2D eigenvalue weighted by Gasteiger charge is 2.41. The first kappa shape index (κ1) is 14.4. The van der Waals surface area contributed by atoms with Gasteiger partial charge in [-0.2, -0.15) is 0 Å². The summed E-state index contributed by atoms with van der Waals surface area (Å²) in [5, 5.41) is 0. The first-order chi connectivity index (χ1) is 11.9. The van der Waals surface area contributed by atoms with Crippen molar-refractivity contribution in [2.75, 3.05) is 0 Å². The Bertz CT molecular complexity index is 814. The third-order valence-electron chi connectivity index (χ3n) is 5.57. The molecule has 0 nitrogen and oxygen atoms in total. The molecular formula is C23H21S+. The van der Waals surface area contributed by atoms with E-state index in [0.29, 0.717) is 0 Å². The van der Waals surface area contributed by atoms with Crippen LogP contribution in [-0.2, 0) is 10.9 Å². The molecule has 2 unspecified atom stereocenters. The molecule has 0 N–H and O–H groups in total. The van der Waals surface area contributed by atoms with E-state index < -0.39 is 0 Å². The molecule has 2 atom stereocenters. The van der Waals surface area contributed by atoms with Crippen molar-refractivity contribution in [1.29, 1.82) is 0 Å². The van der Waals surface area contributed by atoms with Crippen molar-refractivity contribution in [1.82, 2.24) is 0 Å². The minimum Gasteiger partial charge on any atom is -0.0619 e. The Morgan fingerprint density at radius 2 is 1.08 bits per heavy atom. The molecule has 1 fully saturated rings. The normalized spacial score (nSPS) is 24.6. The van der Waals surface area contributed by atoms with Crippen molar-refractivity contribution in [2.45, 2.75) is 45.8 Å². The second kappa shape index (κ2) is 5.82. The van der Waals surface area contributed by atoms with Gasteiger partial charge in [0.1, 0.15) is 0 Å². The van der Waals surface area contributed by atoms with Crippen molar-refractivity contribution in [3.63, 3.8) is 0 Å². The molecule has 2 bridgehead atoms. The molecule has 3 aromatic rings. The van der Waals surface area contributed by atoms with Crippen LogP contribution in [0.3, 0.4) is 0 Å². The van der Waals surface area contributed by atoms with Gasteiger partial charge in [-0.25, -0.2) is 0 Å². The van der Waals surface area contributed by atoms with E-state index in [1.807, 2.05) is 0 Å². The molecule has 0 saturated heterocycles. The lowest BCUT2D eigenvalue weighted by Gasteiger charge is -2.22. The summed E-state index contributed by atoms with van der Waals surface area (Å²) >= 11 is 0. The molecule has 0 spiro atoms. The fraction of sp³-hybridized carbons (Fsp3) is 0.217. The molecule has 0 amide bonds. The predicted octanol–water partition coefficient (Wildman–Crippen LogP) is 6.15. The van der Waals surface area contributed by atoms with Crippen LogP contribution in [0.15, 0.2) is 93.5 Å². The van der Waals surface area contributed by atoms with Gasteiger partial charge in [0.05, 0.1) is 10.9 Å². The molecule has 1 heterocycles. The van der Waals surface area contributed by atoms with E-state index in [1.165, 1.54) is 24.2 Å². The van der Waals surface area contributed by atoms with Crippen LogP contribution in [0, 0.1) is 0 Å². The monoisotopic (exact) mass is 329 g/mol. The average molecular weight is 329 g/mol. The predicted molar refractivity (Wildman–Crippen MR) is 101 cm³/mol. The maximum Gasteiger partial charge on any atom is 0.170 e. The lowest BCUT2D eigenvalue weighted by molar-refractivity contribution is 0.664. The molecule has 2 aliphatic rings. The van der Waals surface area contributed by atoms with Gasteiger partial charge in [0.25, 0.3) is 0 Å². The van der Waals surface area contributed by atoms with Gasteiger partial charge in [0.2, 0.25) is 0 Å². The third kappa shape index (κ3) is 2.22. The Balaban J connectivity index is 1.82. The maximum absolute atomic E-state index is 2.39. The summed E-state index contributed by atoms with van der Waals surface area (Å²) in [6.45, 7) is 0. The summed E-state index contributed by atoms with van der Waals surface area (Å²) in [6.07, 6.45) is 3.99. The molecular weight excluding hydrogens is 308 g/mol. The molecule has 0 radical (unpaired) electrons. The number of benzene rings is 3. The summed E-state index contributed by atoms with van der Waals surface area (Å²) in [4.78, 5) is 4.53. The number of hydrogen-bond acceptors (Lipinski definition) is 0. The average Bonchev–Trinajstić information content (AvgIpc) is 3.14. The van der Waals surface area contributed by atoms with Crippen LogP contribution in [0.4, 0.5) is 0 Å². The lowest BCUT2D eigenvalue weighted by Crippen LogP contribution is -2.14. The summed E-state index contributed by atoms with van der Waals surface area (Å²) in [7, 11) is 0.0122. The van der Waals surface area contributed by atoms with Crippen molar-refractivity contribution >= 4 is 10.9 Å². The molecule has 24 heavy (non-hydrogen) atoms. The second-order valence-corrected chi connectivity index (χ2v) is 8.87. The van der Waals surface area contributed by atoms with E-state index in [2.05, 4.69) is 78.9 Å². The first-order valence-corrected chi connectivity index (χ1v) is 10.1. The Labute approximate surface area is 146 Å². The standard InChI is InChI=1S/C23H21S/c1-2-8-19(9-3-1)24-22-12-6-4-10-20(22)17-14-15-18(16-17)21-11-5-7-13-23(21)24/h1-13,17-18H,14-16H2/q+1. The maximum atomic E-state index is 2.39. The Kier molecular flexibility index (Phi) is 3.48. The van der Waals surface area contributed by atoms with Gasteiger partial charge >= 0.3 is 0 Å². The fourth-order valence-electron chi connectivity index (χ4n) is 4.48. The summed E-state index contributed by atoms with van der Waals surface area (Å²) in [5.41, 5.74) is 3.20. The van der Waals surface area contributed by atoms with Gasteiger partial charge < -0.3 is 0 Å². The van der Waals surface area contributed by atoms with Crippen LogP contribution in [0.5, 0.6) is 0 Å². The van der Waals surface area contributed by atoms with Crippen molar-refractivity contribution in [2.24, 2.45) is 0 Å². The van der Waals surface area contributed by atoms with Crippen molar-refractivity contribution in [3.05, 3.63) is 90.0 Å². The molecule has 1 heteroatoms. The Morgan fingerprint density at radius 3 is 1.67 bits per heavy atom. The van der Waals surface area contributed by atoms with E-state index in [1.54, 1.807) is 20.9 Å². The smallest absolute Gasteiger partial charge is 0.0619 e.